The van der Waals surface area contributed by atoms with Crippen molar-refractivity contribution in [3.63, 3.8) is 0 Å². The summed E-state index contributed by atoms with van der Waals surface area (Å²) in [5.41, 5.74) is 1.74. The summed E-state index contributed by atoms with van der Waals surface area (Å²) in [7, 11) is 1.64. The zero-order valence-electron chi connectivity index (χ0n) is 10.8. The largest absolute Gasteiger partial charge is 0.508 e. The highest BCUT2D eigenvalue weighted by molar-refractivity contribution is 6.06. The molecule has 0 fully saturated rings. The van der Waals surface area contributed by atoms with E-state index in [9.17, 15) is 15.0 Å². The monoisotopic (exact) mass is 257 g/mol. The van der Waals surface area contributed by atoms with Crippen LogP contribution in [0.1, 0.15) is 15.9 Å². The first-order valence-corrected chi connectivity index (χ1v) is 5.86. The second kappa shape index (κ2) is 5.02. The van der Waals surface area contributed by atoms with Crippen molar-refractivity contribution in [1.82, 2.24) is 0 Å². The number of phenols is 2. The molecule has 0 unspecified atom stereocenters. The third kappa shape index (κ3) is 2.68. The van der Waals surface area contributed by atoms with Crippen molar-refractivity contribution in [2.75, 3.05) is 11.9 Å². The van der Waals surface area contributed by atoms with Crippen LogP contribution < -0.4 is 4.90 Å². The topological polar surface area (TPSA) is 60.8 Å². The van der Waals surface area contributed by atoms with Gasteiger partial charge in [-0.25, -0.2) is 0 Å². The third-order valence-electron chi connectivity index (χ3n) is 2.97. The Hall–Kier alpha value is -2.49. The maximum atomic E-state index is 12.3. The molecule has 0 aliphatic heterocycles. The van der Waals surface area contributed by atoms with E-state index in [0.29, 0.717) is 16.8 Å². The highest BCUT2D eigenvalue weighted by Gasteiger charge is 2.14. The fourth-order valence-electron chi connectivity index (χ4n) is 1.80. The predicted molar refractivity (Wildman–Crippen MR) is 73.7 cm³/mol. The number of amides is 1. The number of hydrogen-bond acceptors (Lipinski definition) is 3. The van der Waals surface area contributed by atoms with E-state index < -0.39 is 0 Å². The second-order valence-corrected chi connectivity index (χ2v) is 4.39. The lowest BCUT2D eigenvalue weighted by Crippen LogP contribution is -2.26. The van der Waals surface area contributed by atoms with E-state index in [-0.39, 0.29) is 17.4 Å². The Kier molecular flexibility index (Phi) is 3.42. The molecule has 2 aromatic carbocycles. The lowest BCUT2D eigenvalue weighted by Gasteiger charge is -2.18. The van der Waals surface area contributed by atoms with Gasteiger partial charge in [-0.15, -0.1) is 0 Å². The zero-order chi connectivity index (χ0) is 14.0. The summed E-state index contributed by atoms with van der Waals surface area (Å²) in [6.45, 7) is 1.74. The number of benzene rings is 2. The van der Waals surface area contributed by atoms with E-state index >= 15 is 0 Å². The van der Waals surface area contributed by atoms with Crippen LogP contribution in [0.25, 0.3) is 0 Å². The molecule has 98 valence electrons. The number of anilines is 1. The van der Waals surface area contributed by atoms with Crippen molar-refractivity contribution in [2.24, 2.45) is 0 Å². The molecule has 0 saturated carbocycles. The molecule has 0 aromatic heterocycles. The fraction of sp³-hybridized carbons (Fsp3) is 0.133. The average molecular weight is 257 g/mol. The zero-order valence-corrected chi connectivity index (χ0v) is 10.8. The summed E-state index contributed by atoms with van der Waals surface area (Å²) in [6, 6.07) is 11.2. The molecule has 0 saturated heterocycles. The van der Waals surface area contributed by atoms with Gasteiger partial charge in [-0.1, -0.05) is 6.07 Å². The Labute approximate surface area is 111 Å². The normalized spacial score (nSPS) is 10.2. The van der Waals surface area contributed by atoms with Gasteiger partial charge in [0, 0.05) is 24.4 Å². The molecule has 1 amide bonds. The first-order valence-electron chi connectivity index (χ1n) is 5.86. The summed E-state index contributed by atoms with van der Waals surface area (Å²) in [5.74, 6) is 0.0734. The van der Waals surface area contributed by atoms with Crippen molar-refractivity contribution in [3.05, 3.63) is 53.6 Å². The molecule has 19 heavy (non-hydrogen) atoms. The maximum Gasteiger partial charge on any atom is 0.258 e. The van der Waals surface area contributed by atoms with Crippen LogP contribution in [0.5, 0.6) is 11.5 Å². The Morgan fingerprint density at radius 2 is 1.84 bits per heavy atom. The highest BCUT2D eigenvalue weighted by atomic mass is 16.3. The van der Waals surface area contributed by atoms with E-state index in [1.165, 1.54) is 17.0 Å². The third-order valence-corrected chi connectivity index (χ3v) is 2.97. The molecule has 0 radical (unpaired) electrons. The van der Waals surface area contributed by atoms with Gasteiger partial charge in [0.05, 0.1) is 0 Å². The molecule has 0 spiro atoms. The summed E-state index contributed by atoms with van der Waals surface area (Å²) >= 11 is 0. The van der Waals surface area contributed by atoms with Crippen LogP contribution in [0, 0.1) is 6.92 Å². The minimum Gasteiger partial charge on any atom is -0.508 e. The van der Waals surface area contributed by atoms with Gasteiger partial charge in [-0.3, -0.25) is 4.79 Å². The van der Waals surface area contributed by atoms with Gasteiger partial charge in [0.25, 0.3) is 5.91 Å². The van der Waals surface area contributed by atoms with Gasteiger partial charge in [-0.2, -0.15) is 0 Å². The number of aryl methyl sites for hydroxylation is 1. The molecule has 0 aliphatic carbocycles. The molecule has 2 aromatic rings. The van der Waals surface area contributed by atoms with Crippen molar-refractivity contribution >= 4 is 11.6 Å². The van der Waals surface area contributed by atoms with Crippen LogP contribution >= 0.6 is 0 Å². The van der Waals surface area contributed by atoms with Crippen LogP contribution in [-0.4, -0.2) is 23.2 Å². The predicted octanol–water partition coefficient (Wildman–Crippen LogP) is 2.68. The number of phenolic OH excluding ortho intramolecular Hbond substituents is 2. The molecule has 0 heterocycles. The molecule has 0 aliphatic rings. The van der Waals surface area contributed by atoms with Crippen molar-refractivity contribution in [3.8, 4) is 11.5 Å². The molecule has 2 rings (SSSR count). The number of carbonyl (C=O) groups is 1. The minimum absolute atomic E-state index is 0.110. The lowest BCUT2D eigenvalue weighted by atomic mass is 10.1. The molecule has 4 nitrogen and oxygen atoms in total. The van der Waals surface area contributed by atoms with Gasteiger partial charge in [0.2, 0.25) is 0 Å². The molecule has 4 heteroatoms. The smallest absolute Gasteiger partial charge is 0.258 e. The lowest BCUT2D eigenvalue weighted by molar-refractivity contribution is 0.0993. The van der Waals surface area contributed by atoms with Gasteiger partial charge in [0.1, 0.15) is 11.5 Å². The maximum absolute atomic E-state index is 12.3. The number of carbonyl (C=O) groups excluding carboxylic acids is 1. The number of hydrogen-bond donors (Lipinski definition) is 2. The SMILES string of the molecule is Cc1cc(C(=O)N(C)c2cccc(O)c2)ccc1O. The Morgan fingerprint density at radius 1 is 1.11 bits per heavy atom. The van der Waals surface area contributed by atoms with Gasteiger partial charge in [-0.05, 0) is 42.8 Å². The Balaban J connectivity index is 2.30. The van der Waals surface area contributed by atoms with Crippen molar-refractivity contribution in [2.45, 2.75) is 6.92 Å². The van der Waals surface area contributed by atoms with Crippen molar-refractivity contribution < 1.29 is 15.0 Å². The van der Waals surface area contributed by atoms with E-state index in [1.54, 1.807) is 44.3 Å². The van der Waals surface area contributed by atoms with E-state index in [1.807, 2.05) is 0 Å². The number of aromatic hydroxyl groups is 2. The standard InChI is InChI=1S/C15H15NO3/c1-10-8-11(6-7-14(10)18)15(19)16(2)12-4-3-5-13(17)9-12/h3-9,17-18H,1-2H3. The van der Waals surface area contributed by atoms with Crippen LogP contribution in [0.15, 0.2) is 42.5 Å². The molecule has 2 N–H and O–H groups in total. The summed E-state index contributed by atoms with van der Waals surface area (Å²) in [6.07, 6.45) is 0. The quantitative estimate of drug-likeness (QED) is 0.869. The van der Waals surface area contributed by atoms with Crippen LogP contribution in [0.2, 0.25) is 0 Å². The fourth-order valence-corrected chi connectivity index (χ4v) is 1.80. The van der Waals surface area contributed by atoms with Crippen LogP contribution in [0.3, 0.4) is 0 Å². The minimum atomic E-state index is -0.200. The van der Waals surface area contributed by atoms with E-state index in [0.717, 1.165) is 0 Å². The highest BCUT2D eigenvalue weighted by Crippen LogP contribution is 2.22. The van der Waals surface area contributed by atoms with E-state index in [2.05, 4.69) is 0 Å². The molecule has 0 atom stereocenters. The summed E-state index contributed by atoms with van der Waals surface area (Å²) in [5, 5.41) is 18.9. The Morgan fingerprint density at radius 3 is 2.47 bits per heavy atom. The van der Waals surface area contributed by atoms with E-state index in [4.69, 9.17) is 0 Å². The number of rotatable bonds is 2. The van der Waals surface area contributed by atoms with Gasteiger partial charge >= 0.3 is 0 Å². The second-order valence-electron chi connectivity index (χ2n) is 4.39. The van der Waals surface area contributed by atoms with Crippen molar-refractivity contribution in [1.29, 1.82) is 0 Å². The summed E-state index contributed by atoms with van der Waals surface area (Å²) < 4.78 is 0. The van der Waals surface area contributed by atoms with Gasteiger partial charge < -0.3 is 15.1 Å². The first kappa shape index (κ1) is 13.0. The summed E-state index contributed by atoms with van der Waals surface area (Å²) in [4.78, 5) is 13.7. The van der Waals surface area contributed by atoms with Crippen LogP contribution in [0.4, 0.5) is 5.69 Å². The Bertz CT molecular complexity index is 623. The van der Waals surface area contributed by atoms with Gasteiger partial charge in [0.15, 0.2) is 0 Å². The first-order chi connectivity index (χ1) is 8.99. The molecular formula is C15H15NO3. The van der Waals surface area contributed by atoms with Crippen LogP contribution in [-0.2, 0) is 0 Å². The number of nitrogens with zero attached hydrogens (tertiary/aromatic N) is 1. The molecular weight excluding hydrogens is 242 g/mol. The molecule has 0 bridgehead atoms. The average Bonchev–Trinajstić information content (AvgIpc) is 2.40.